The molecule has 0 fully saturated rings. The van der Waals surface area contributed by atoms with Crippen LogP contribution >= 0.6 is 0 Å². The Morgan fingerprint density at radius 2 is 1.50 bits per heavy atom. The Bertz CT molecular complexity index is 1190. The number of fused-ring (bicyclic) bond motifs is 2. The smallest absolute Gasteiger partial charge is 0.271 e. The van der Waals surface area contributed by atoms with Crippen LogP contribution in [0.2, 0.25) is 0 Å². The molecular formula is C21H16N4O3. The SMILES string of the molecule is O=C(Cn1c2ccccc2c(=O)c2ccccc21)NNC(=O)c1cccnc1. The Balaban J connectivity index is 1.63. The molecule has 28 heavy (non-hydrogen) atoms. The summed E-state index contributed by atoms with van der Waals surface area (Å²) in [6, 6.07) is 17.5. The number of carbonyl (C=O) groups excluding carboxylic acids is 2. The largest absolute Gasteiger partial charge is 0.331 e. The fraction of sp³-hybridized carbons (Fsp3) is 0.0476. The minimum absolute atomic E-state index is 0.0609. The van der Waals surface area contributed by atoms with Crippen molar-refractivity contribution in [3.63, 3.8) is 0 Å². The summed E-state index contributed by atoms with van der Waals surface area (Å²) in [6.45, 7) is -0.0609. The van der Waals surface area contributed by atoms with E-state index in [-0.39, 0.29) is 12.0 Å². The maximum atomic E-state index is 12.7. The number of rotatable bonds is 3. The summed E-state index contributed by atoms with van der Waals surface area (Å²) in [5, 5.41) is 1.07. The number of benzene rings is 2. The van der Waals surface area contributed by atoms with Crippen LogP contribution in [-0.4, -0.2) is 21.4 Å². The van der Waals surface area contributed by atoms with Gasteiger partial charge in [-0.3, -0.25) is 30.2 Å². The molecule has 0 unspecified atom stereocenters. The zero-order valence-electron chi connectivity index (χ0n) is 14.8. The van der Waals surface area contributed by atoms with E-state index >= 15 is 0 Å². The molecule has 4 rings (SSSR count). The maximum absolute atomic E-state index is 12.7. The quantitative estimate of drug-likeness (QED) is 0.425. The van der Waals surface area contributed by atoms with E-state index in [4.69, 9.17) is 0 Å². The summed E-state index contributed by atoms with van der Waals surface area (Å²) in [6.07, 6.45) is 2.96. The number of hydrogen-bond acceptors (Lipinski definition) is 4. The van der Waals surface area contributed by atoms with E-state index in [9.17, 15) is 14.4 Å². The van der Waals surface area contributed by atoms with Crippen LogP contribution in [0.5, 0.6) is 0 Å². The molecule has 0 aliphatic heterocycles. The Hall–Kier alpha value is -4.00. The second kappa shape index (κ2) is 7.32. The lowest BCUT2D eigenvalue weighted by Gasteiger charge is -2.15. The molecule has 0 bridgehead atoms. The third-order valence-corrected chi connectivity index (χ3v) is 4.42. The fourth-order valence-corrected chi connectivity index (χ4v) is 3.13. The first kappa shape index (κ1) is 17.4. The van der Waals surface area contributed by atoms with Gasteiger partial charge >= 0.3 is 0 Å². The van der Waals surface area contributed by atoms with Gasteiger partial charge in [0.25, 0.3) is 11.8 Å². The molecule has 2 aromatic heterocycles. The molecule has 138 valence electrons. The standard InChI is InChI=1S/C21H16N4O3/c26-19(23-24-21(28)14-6-5-11-22-12-14)13-25-17-9-3-1-7-15(17)20(27)16-8-2-4-10-18(16)25/h1-12H,13H2,(H,23,26)(H,24,28). The minimum atomic E-state index is -0.462. The Labute approximate surface area is 159 Å². The Morgan fingerprint density at radius 3 is 2.11 bits per heavy atom. The normalized spacial score (nSPS) is 10.7. The first-order chi connectivity index (χ1) is 13.6. The Kier molecular flexibility index (Phi) is 4.55. The number of pyridine rings is 2. The van der Waals surface area contributed by atoms with E-state index in [1.54, 1.807) is 59.3 Å². The van der Waals surface area contributed by atoms with Crippen LogP contribution in [-0.2, 0) is 11.3 Å². The monoisotopic (exact) mass is 372 g/mol. The second-order valence-electron chi connectivity index (χ2n) is 6.19. The van der Waals surface area contributed by atoms with E-state index < -0.39 is 11.8 Å². The molecule has 4 aromatic rings. The number of nitrogens with zero attached hydrogens (tertiary/aromatic N) is 2. The molecule has 0 saturated heterocycles. The van der Waals surface area contributed by atoms with Gasteiger partial charge in [-0.15, -0.1) is 0 Å². The van der Waals surface area contributed by atoms with Crippen molar-refractivity contribution in [3.05, 3.63) is 88.8 Å². The number of nitrogens with one attached hydrogen (secondary N) is 2. The molecule has 0 aliphatic carbocycles. The summed E-state index contributed by atoms with van der Waals surface area (Å²) in [7, 11) is 0. The van der Waals surface area contributed by atoms with Crippen molar-refractivity contribution in [2.45, 2.75) is 6.54 Å². The van der Waals surface area contributed by atoms with E-state index in [1.165, 1.54) is 6.20 Å². The zero-order chi connectivity index (χ0) is 19.5. The van der Waals surface area contributed by atoms with Crippen molar-refractivity contribution >= 4 is 33.6 Å². The van der Waals surface area contributed by atoms with Crippen molar-refractivity contribution in [1.82, 2.24) is 20.4 Å². The molecule has 7 heteroatoms. The number of aromatic nitrogens is 2. The molecule has 2 heterocycles. The fourth-order valence-electron chi connectivity index (χ4n) is 3.13. The van der Waals surface area contributed by atoms with Gasteiger partial charge in [0.2, 0.25) is 0 Å². The minimum Gasteiger partial charge on any atom is -0.331 e. The predicted octanol–water partition coefficient (Wildman–Crippen LogP) is 2.01. The van der Waals surface area contributed by atoms with E-state index in [2.05, 4.69) is 15.8 Å². The molecule has 0 atom stereocenters. The van der Waals surface area contributed by atoms with Gasteiger partial charge in [-0.05, 0) is 36.4 Å². The van der Waals surface area contributed by atoms with Gasteiger partial charge < -0.3 is 4.57 Å². The molecular weight excluding hydrogens is 356 g/mol. The lowest BCUT2D eigenvalue weighted by atomic mass is 10.1. The topological polar surface area (TPSA) is 93.1 Å². The molecule has 2 aromatic carbocycles. The molecule has 2 amide bonds. The Morgan fingerprint density at radius 1 is 0.857 bits per heavy atom. The number of hydrazine groups is 1. The van der Waals surface area contributed by atoms with E-state index in [0.717, 1.165) is 0 Å². The summed E-state index contributed by atoms with van der Waals surface area (Å²) in [5.41, 5.74) is 6.35. The van der Waals surface area contributed by atoms with Crippen LogP contribution < -0.4 is 16.3 Å². The average Bonchev–Trinajstić information content (AvgIpc) is 2.75. The van der Waals surface area contributed by atoms with Gasteiger partial charge in [-0.25, -0.2) is 0 Å². The molecule has 0 radical (unpaired) electrons. The number of carbonyl (C=O) groups is 2. The van der Waals surface area contributed by atoms with Crippen LogP contribution in [0.4, 0.5) is 0 Å². The summed E-state index contributed by atoms with van der Waals surface area (Å²) in [4.78, 5) is 41.1. The summed E-state index contributed by atoms with van der Waals surface area (Å²) in [5.74, 6) is -0.882. The molecule has 2 N–H and O–H groups in total. The summed E-state index contributed by atoms with van der Waals surface area (Å²) >= 11 is 0. The van der Waals surface area contributed by atoms with Crippen LogP contribution in [0, 0.1) is 0 Å². The van der Waals surface area contributed by atoms with Crippen molar-refractivity contribution < 1.29 is 9.59 Å². The third kappa shape index (κ3) is 3.21. The third-order valence-electron chi connectivity index (χ3n) is 4.42. The second-order valence-corrected chi connectivity index (χ2v) is 6.19. The van der Waals surface area contributed by atoms with Gasteiger partial charge in [0.05, 0.1) is 16.6 Å². The average molecular weight is 372 g/mol. The number of hydrogen-bond donors (Lipinski definition) is 2. The predicted molar refractivity (Wildman–Crippen MR) is 106 cm³/mol. The first-order valence-corrected chi connectivity index (χ1v) is 8.64. The highest BCUT2D eigenvalue weighted by molar-refractivity contribution is 5.96. The van der Waals surface area contributed by atoms with Crippen LogP contribution in [0.25, 0.3) is 21.8 Å². The number of para-hydroxylation sites is 2. The van der Waals surface area contributed by atoms with Crippen LogP contribution in [0.15, 0.2) is 77.9 Å². The molecule has 0 spiro atoms. The van der Waals surface area contributed by atoms with E-state index in [0.29, 0.717) is 27.4 Å². The highest BCUT2D eigenvalue weighted by atomic mass is 16.2. The molecule has 0 aliphatic rings. The highest BCUT2D eigenvalue weighted by Crippen LogP contribution is 2.18. The molecule has 7 nitrogen and oxygen atoms in total. The lowest BCUT2D eigenvalue weighted by Crippen LogP contribution is -2.43. The van der Waals surface area contributed by atoms with Gasteiger partial charge in [0.1, 0.15) is 6.54 Å². The highest BCUT2D eigenvalue weighted by Gasteiger charge is 2.13. The molecule has 0 saturated carbocycles. The number of amides is 2. The van der Waals surface area contributed by atoms with Gasteiger partial charge in [-0.2, -0.15) is 0 Å². The van der Waals surface area contributed by atoms with Gasteiger partial charge in [-0.1, -0.05) is 24.3 Å². The van der Waals surface area contributed by atoms with Crippen LogP contribution in [0.1, 0.15) is 10.4 Å². The van der Waals surface area contributed by atoms with Crippen molar-refractivity contribution in [3.8, 4) is 0 Å². The maximum Gasteiger partial charge on any atom is 0.271 e. The van der Waals surface area contributed by atoms with Gasteiger partial charge in [0.15, 0.2) is 5.43 Å². The van der Waals surface area contributed by atoms with Gasteiger partial charge in [0, 0.05) is 23.2 Å². The zero-order valence-corrected chi connectivity index (χ0v) is 14.8. The summed E-state index contributed by atoms with van der Waals surface area (Å²) < 4.78 is 1.76. The van der Waals surface area contributed by atoms with Crippen molar-refractivity contribution in [2.24, 2.45) is 0 Å². The van der Waals surface area contributed by atoms with Crippen LogP contribution in [0.3, 0.4) is 0 Å². The van der Waals surface area contributed by atoms with Crippen molar-refractivity contribution in [2.75, 3.05) is 0 Å². The van der Waals surface area contributed by atoms with E-state index in [1.807, 2.05) is 12.1 Å². The van der Waals surface area contributed by atoms with Crippen molar-refractivity contribution in [1.29, 1.82) is 0 Å². The first-order valence-electron chi connectivity index (χ1n) is 8.64. The lowest BCUT2D eigenvalue weighted by molar-refractivity contribution is -0.122.